The second-order valence-electron chi connectivity index (χ2n) is 10.1. The summed E-state index contributed by atoms with van der Waals surface area (Å²) in [6.07, 6.45) is 7.30. The number of aliphatic hydroxyl groups is 1. The smallest absolute Gasteiger partial charge is 0.309 e. The fourth-order valence-corrected chi connectivity index (χ4v) is 5.05. The van der Waals surface area contributed by atoms with Crippen LogP contribution < -0.4 is 10.6 Å². The Labute approximate surface area is 225 Å². The van der Waals surface area contributed by atoms with Crippen LogP contribution >= 0.6 is 0 Å². The predicted octanol–water partition coefficient (Wildman–Crippen LogP) is 3.24. The van der Waals surface area contributed by atoms with E-state index in [0.29, 0.717) is 31.3 Å². The SMILES string of the molecule is Cc1[nH]ncc1Nc1nccc(-c2ccc3c(c2)CN(CCO)CC[C@H]3NC(=O)c2nnc(C3CCC3)o2)n1. The van der Waals surface area contributed by atoms with Crippen molar-refractivity contribution >= 4 is 17.5 Å². The van der Waals surface area contributed by atoms with Crippen LogP contribution in [0.1, 0.15) is 71.0 Å². The topological polar surface area (TPSA) is 158 Å². The first kappa shape index (κ1) is 25.1. The molecule has 0 unspecified atom stereocenters. The number of β-amino-alcohol motifs (C(OH)–C–C–N with tert-alkyl or cyclic N) is 1. The number of aromatic amines is 1. The van der Waals surface area contributed by atoms with E-state index in [1.54, 1.807) is 12.4 Å². The number of aromatic nitrogens is 6. The number of nitrogens with zero attached hydrogens (tertiary/aromatic N) is 6. The first-order chi connectivity index (χ1) is 19.1. The van der Waals surface area contributed by atoms with Crippen LogP contribution in [0.2, 0.25) is 0 Å². The number of carbonyl (C=O) groups is 1. The van der Waals surface area contributed by atoms with E-state index in [4.69, 9.17) is 9.40 Å². The largest absolute Gasteiger partial charge is 0.417 e. The number of carbonyl (C=O) groups excluding carboxylic acids is 1. The molecule has 1 saturated carbocycles. The molecule has 3 aromatic heterocycles. The van der Waals surface area contributed by atoms with E-state index < -0.39 is 0 Å². The normalized spacial score (nSPS) is 17.7. The maximum Gasteiger partial charge on any atom is 0.309 e. The number of rotatable bonds is 8. The van der Waals surface area contributed by atoms with Gasteiger partial charge in [-0.25, -0.2) is 9.97 Å². The summed E-state index contributed by atoms with van der Waals surface area (Å²) < 4.78 is 5.70. The zero-order valence-corrected chi connectivity index (χ0v) is 21.7. The van der Waals surface area contributed by atoms with Crippen LogP contribution in [0.4, 0.5) is 11.6 Å². The molecule has 12 nitrogen and oxygen atoms in total. The number of amides is 1. The third kappa shape index (κ3) is 5.38. The van der Waals surface area contributed by atoms with Gasteiger partial charge in [0.05, 0.1) is 35.9 Å². The minimum absolute atomic E-state index is 0.000375. The van der Waals surface area contributed by atoms with Gasteiger partial charge in [0.2, 0.25) is 11.8 Å². The average Bonchev–Trinajstić information content (AvgIpc) is 3.51. The molecule has 4 heterocycles. The summed E-state index contributed by atoms with van der Waals surface area (Å²) >= 11 is 0. The first-order valence-electron chi connectivity index (χ1n) is 13.3. The molecule has 4 N–H and O–H groups in total. The van der Waals surface area contributed by atoms with Crippen molar-refractivity contribution in [3.05, 3.63) is 65.3 Å². The fraction of sp³-hybridized carbons (Fsp3) is 0.407. The summed E-state index contributed by atoms with van der Waals surface area (Å²) in [4.78, 5) is 24.3. The van der Waals surface area contributed by atoms with Crippen LogP contribution in [-0.2, 0) is 6.54 Å². The van der Waals surface area contributed by atoms with E-state index in [-0.39, 0.29) is 30.4 Å². The Morgan fingerprint density at radius 2 is 2.13 bits per heavy atom. The van der Waals surface area contributed by atoms with Gasteiger partial charge in [-0.2, -0.15) is 5.10 Å². The number of nitrogens with one attached hydrogen (secondary N) is 3. The molecular formula is C27H31N9O3. The summed E-state index contributed by atoms with van der Waals surface area (Å²) in [7, 11) is 0. The van der Waals surface area contributed by atoms with E-state index in [9.17, 15) is 9.90 Å². The highest BCUT2D eigenvalue weighted by molar-refractivity contribution is 5.89. The third-order valence-corrected chi connectivity index (χ3v) is 7.48. The quantitative estimate of drug-likeness (QED) is 0.267. The van der Waals surface area contributed by atoms with Gasteiger partial charge in [-0.3, -0.25) is 14.8 Å². The number of H-pyrrole nitrogens is 1. The fourth-order valence-electron chi connectivity index (χ4n) is 5.05. The van der Waals surface area contributed by atoms with Gasteiger partial charge in [0.15, 0.2) is 0 Å². The number of hydrogen-bond acceptors (Lipinski definition) is 10. The number of hydrogen-bond donors (Lipinski definition) is 4. The lowest BCUT2D eigenvalue weighted by Gasteiger charge is -2.21. The van der Waals surface area contributed by atoms with Gasteiger partial charge in [0.1, 0.15) is 0 Å². The first-order valence-corrected chi connectivity index (χ1v) is 13.3. The molecule has 6 rings (SSSR count). The van der Waals surface area contributed by atoms with Crippen molar-refractivity contribution in [3.63, 3.8) is 0 Å². The van der Waals surface area contributed by atoms with Gasteiger partial charge in [-0.15, -0.1) is 10.2 Å². The van der Waals surface area contributed by atoms with Crippen LogP contribution in [0, 0.1) is 6.92 Å². The second-order valence-corrected chi connectivity index (χ2v) is 10.1. The van der Waals surface area contributed by atoms with Crippen molar-refractivity contribution in [2.75, 3.05) is 25.0 Å². The van der Waals surface area contributed by atoms with E-state index in [1.165, 1.54) is 0 Å². The Morgan fingerprint density at radius 3 is 2.90 bits per heavy atom. The van der Waals surface area contributed by atoms with Crippen molar-refractivity contribution < 1.29 is 14.3 Å². The number of anilines is 2. The Morgan fingerprint density at radius 1 is 1.23 bits per heavy atom. The van der Waals surface area contributed by atoms with Gasteiger partial charge in [-0.1, -0.05) is 18.6 Å². The van der Waals surface area contributed by atoms with Crippen molar-refractivity contribution in [1.29, 1.82) is 0 Å². The molecule has 1 aliphatic carbocycles. The van der Waals surface area contributed by atoms with Crippen LogP contribution in [0.15, 0.2) is 41.1 Å². The van der Waals surface area contributed by atoms with Gasteiger partial charge in [-0.05, 0) is 49.4 Å². The zero-order chi connectivity index (χ0) is 26.8. The van der Waals surface area contributed by atoms with E-state index in [0.717, 1.165) is 59.6 Å². The molecule has 12 heteroatoms. The van der Waals surface area contributed by atoms with E-state index >= 15 is 0 Å². The minimum Gasteiger partial charge on any atom is -0.417 e. The number of aryl methyl sites for hydroxylation is 1. The van der Waals surface area contributed by atoms with Gasteiger partial charge < -0.3 is 20.2 Å². The molecule has 2 aliphatic rings. The molecule has 1 aromatic carbocycles. The van der Waals surface area contributed by atoms with Crippen LogP contribution in [-0.4, -0.2) is 66.0 Å². The number of fused-ring (bicyclic) bond motifs is 1. The number of aliphatic hydroxyl groups excluding tert-OH is 1. The van der Waals surface area contributed by atoms with E-state index in [1.807, 2.05) is 25.1 Å². The highest BCUT2D eigenvalue weighted by Gasteiger charge is 2.29. The molecule has 0 bridgehead atoms. The Hall–Kier alpha value is -4.16. The van der Waals surface area contributed by atoms with Crippen LogP contribution in [0.5, 0.6) is 0 Å². The monoisotopic (exact) mass is 529 g/mol. The molecule has 1 atom stereocenters. The lowest BCUT2D eigenvalue weighted by atomic mass is 9.85. The summed E-state index contributed by atoms with van der Waals surface area (Å²) in [5, 5.41) is 30.9. The Bertz CT molecular complexity index is 1460. The van der Waals surface area contributed by atoms with Crippen molar-refractivity contribution in [2.45, 2.75) is 51.1 Å². The molecule has 4 aromatic rings. The molecular weight excluding hydrogens is 498 g/mol. The summed E-state index contributed by atoms with van der Waals surface area (Å²) in [6, 6.07) is 7.78. The summed E-state index contributed by atoms with van der Waals surface area (Å²) in [5.41, 5.74) is 5.49. The highest BCUT2D eigenvalue weighted by Crippen LogP contribution is 2.35. The third-order valence-electron chi connectivity index (χ3n) is 7.48. The lowest BCUT2D eigenvalue weighted by Crippen LogP contribution is -2.31. The maximum absolute atomic E-state index is 13.1. The van der Waals surface area contributed by atoms with Crippen LogP contribution in [0.25, 0.3) is 11.3 Å². The van der Waals surface area contributed by atoms with Gasteiger partial charge in [0.25, 0.3) is 0 Å². The highest BCUT2D eigenvalue weighted by atomic mass is 16.4. The molecule has 0 saturated heterocycles. The average molecular weight is 530 g/mol. The lowest BCUT2D eigenvalue weighted by molar-refractivity contribution is 0.0893. The van der Waals surface area contributed by atoms with Crippen LogP contribution in [0.3, 0.4) is 0 Å². The van der Waals surface area contributed by atoms with Crippen molar-refractivity contribution in [1.82, 2.24) is 40.6 Å². The molecule has 1 aliphatic heterocycles. The predicted molar refractivity (Wildman–Crippen MR) is 142 cm³/mol. The maximum atomic E-state index is 13.1. The Balaban J connectivity index is 1.25. The Kier molecular flexibility index (Phi) is 7.03. The van der Waals surface area contributed by atoms with Crippen molar-refractivity contribution in [3.8, 4) is 11.3 Å². The molecule has 202 valence electrons. The van der Waals surface area contributed by atoms with Gasteiger partial charge in [0, 0.05) is 37.3 Å². The molecule has 39 heavy (non-hydrogen) atoms. The second kappa shape index (κ2) is 10.9. The minimum atomic E-state index is -0.371. The molecule has 0 spiro atoms. The van der Waals surface area contributed by atoms with Crippen molar-refractivity contribution in [2.24, 2.45) is 0 Å². The summed E-state index contributed by atoms with van der Waals surface area (Å²) in [5.74, 6) is 0.919. The molecule has 1 amide bonds. The summed E-state index contributed by atoms with van der Waals surface area (Å²) in [6.45, 7) is 3.90. The molecule has 0 radical (unpaired) electrons. The standard InChI is InChI=1S/C27H31N9O3/c1-16-23(14-29-33-16)32-27-28-9-7-21(31-27)18-5-6-20-19(13-18)15-36(11-12-37)10-8-22(20)30-24(38)26-35-34-25(39-26)17-3-2-4-17/h5-7,9,13-14,17,22,37H,2-4,8,10-12,15H2,1H3,(H,29,33)(H,30,38)(H,28,31,32)/t22-/m1/s1. The van der Waals surface area contributed by atoms with E-state index in [2.05, 4.69) is 47.0 Å². The zero-order valence-electron chi connectivity index (χ0n) is 21.7. The number of benzene rings is 1. The molecule has 1 fully saturated rings. The van der Waals surface area contributed by atoms with Gasteiger partial charge >= 0.3 is 11.8 Å².